The standard InChI is InChI=1S/C19H21N3O4/c23-14-10-13(20-18(12-14)21-6-8-26-9-7-21)11-19(25)22-5-4-15-16(22)2-1-3-17(15)24/h1-3,12,24H,4-11H2. The molecule has 136 valence electrons. The van der Waals surface area contributed by atoms with E-state index in [2.05, 4.69) is 4.99 Å². The first-order chi connectivity index (χ1) is 12.6. The van der Waals surface area contributed by atoms with Crippen molar-refractivity contribution in [3.8, 4) is 5.75 Å². The fourth-order valence-electron chi connectivity index (χ4n) is 3.63. The van der Waals surface area contributed by atoms with Crippen molar-refractivity contribution in [2.24, 2.45) is 4.99 Å². The van der Waals surface area contributed by atoms with Crippen LogP contribution in [-0.2, 0) is 20.7 Å². The summed E-state index contributed by atoms with van der Waals surface area (Å²) in [6, 6.07) is 5.21. The van der Waals surface area contributed by atoms with E-state index in [0.29, 0.717) is 50.8 Å². The molecule has 7 nitrogen and oxygen atoms in total. The largest absolute Gasteiger partial charge is 0.508 e. The summed E-state index contributed by atoms with van der Waals surface area (Å²) in [6.07, 6.45) is 2.49. The van der Waals surface area contributed by atoms with E-state index in [1.54, 1.807) is 23.1 Å². The van der Waals surface area contributed by atoms with Gasteiger partial charge in [0.25, 0.3) is 0 Å². The van der Waals surface area contributed by atoms with Crippen LogP contribution in [0.25, 0.3) is 0 Å². The van der Waals surface area contributed by atoms with Crippen LogP contribution in [-0.4, -0.2) is 60.3 Å². The molecule has 4 rings (SSSR count). The van der Waals surface area contributed by atoms with Crippen LogP contribution in [0.5, 0.6) is 5.75 Å². The minimum atomic E-state index is -0.0934. The molecule has 0 aromatic heterocycles. The Balaban J connectivity index is 1.49. The molecule has 0 aliphatic carbocycles. The van der Waals surface area contributed by atoms with Crippen LogP contribution in [0.3, 0.4) is 0 Å². The number of morpholine rings is 1. The summed E-state index contributed by atoms with van der Waals surface area (Å²) in [5, 5.41) is 9.94. The predicted octanol–water partition coefficient (Wildman–Crippen LogP) is 1.26. The number of ether oxygens (including phenoxy) is 1. The van der Waals surface area contributed by atoms with Crippen molar-refractivity contribution in [3.63, 3.8) is 0 Å². The predicted molar refractivity (Wildman–Crippen MR) is 96.3 cm³/mol. The molecule has 7 heteroatoms. The summed E-state index contributed by atoms with van der Waals surface area (Å²) in [4.78, 5) is 33.1. The molecule has 1 aromatic carbocycles. The van der Waals surface area contributed by atoms with Crippen molar-refractivity contribution in [1.29, 1.82) is 0 Å². The van der Waals surface area contributed by atoms with E-state index >= 15 is 0 Å². The number of aliphatic imine (C=N–C) groups is 1. The molecule has 0 radical (unpaired) electrons. The first kappa shape index (κ1) is 16.8. The molecule has 3 aliphatic heterocycles. The Kier molecular flexibility index (Phi) is 4.46. The number of rotatable bonds is 3. The number of allylic oxidation sites excluding steroid dienone is 1. The quantitative estimate of drug-likeness (QED) is 0.883. The van der Waals surface area contributed by atoms with Crippen molar-refractivity contribution in [2.45, 2.75) is 19.3 Å². The molecule has 1 N–H and O–H groups in total. The van der Waals surface area contributed by atoms with Gasteiger partial charge in [-0.05, 0) is 18.6 Å². The smallest absolute Gasteiger partial charge is 0.232 e. The van der Waals surface area contributed by atoms with Crippen LogP contribution >= 0.6 is 0 Å². The van der Waals surface area contributed by atoms with Gasteiger partial charge in [0, 0.05) is 43.4 Å². The summed E-state index contributed by atoms with van der Waals surface area (Å²) in [5.41, 5.74) is 2.15. The minimum absolute atomic E-state index is 0.0243. The van der Waals surface area contributed by atoms with Gasteiger partial charge in [-0.2, -0.15) is 0 Å². The summed E-state index contributed by atoms with van der Waals surface area (Å²) in [7, 11) is 0. The maximum absolute atomic E-state index is 12.8. The second kappa shape index (κ2) is 6.92. The molecule has 3 heterocycles. The van der Waals surface area contributed by atoms with E-state index in [9.17, 15) is 14.7 Å². The number of hydrogen-bond donors (Lipinski definition) is 1. The Morgan fingerprint density at radius 2 is 2.04 bits per heavy atom. The van der Waals surface area contributed by atoms with E-state index in [1.165, 1.54) is 0 Å². The number of ketones is 1. The lowest BCUT2D eigenvalue weighted by atomic mass is 10.1. The molecule has 0 spiro atoms. The highest BCUT2D eigenvalue weighted by Crippen LogP contribution is 2.34. The zero-order valence-electron chi connectivity index (χ0n) is 14.5. The molecule has 0 saturated carbocycles. The highest BCUT2D eigenvalue weighted by atomic mass is 16.5. The average molecular weight is 355 g/mol. The monoisotopic (exact) mass is 355 g/mol. The third-order valence-corrected chi connectivity index (χ3v) is 4.94. The van der Waals surface area contributed by atoms with E-state index in [-0.39, 0.29) is 30.3 Å². The van der Waals surface area contributed by atoms with Gasteiger partial charge in [-0.15, -0.1) is 0 Å². The van der Waals surface area contributed by atoms with Crippen LogP contribution in [0.2, 0.25) is 0 Å². The number of phenolic OH excluding ortho intramolecular Hbond substituents is 1. The Morgan fingerprint density at radius 1 is 1.23 bits per heavy atom. The van der Waals surface area contributed by atoms with Gasteiger partial charge < -0.3 is 19.6 Å². The van der Waals surface area contributed by atoms with Crippen LogP contribution in [0.1, 0.15) is 18.4 Å². The average Bonchev–Trinajstić information content (AvgIpc) is 3.07. The number of amides is 1. The topological polar surface area (TPSA) is 82.4 Å². The number of phenols is 1. The molecule has 0 unspecified atom stereocenters. The second-order valence-electron chi connectivity index (χ2n) is 6.67. The zero-order chi connectivity index (χ0) is 18.1. The van der Waals surface area contributed by atoms with Gasteiger partial charge in [-0.3, -0.25) is 9.59 Å². The van der Waals surface area contributed by atoms with Crippen molar-refractivity contribution < 1.29 is 19.4 Å². The number of hydrogen-bond acceptors (Lipinski definition) is 6. The summed E-state index contributed by atoms with van der Waals surface area (Å²) >= 11 is 0. The number of carbonyl (C=O) groups is 2. The molecule has 0 bridgehead atoms. The van der Waals surface area contributed by atoms with Crippen molar-refractivity contribution >= 4 is 23.1 Å². The lowest BCUT2D eigenvalue weighted by Gasteiger charge is -2.30. The Morgan fingerprint density at radius 3 is 2.85 bits per heavy atom. The van der Waals surface area contributed by atoms with Crippen molar-refractivity contribution in [3.05, 3.63) is 35.7 Å². The van der Waals surface area contributed by atoms with Gasteiger partial charge in [-0.25, -0.2) is 4.99 Å². The normalized spacial score (nSPS) is 19.9. The number of nitrogens with zero attached hydrogens (tertiary/aromatic N) is 3. The van der Waals surface area contributed by atoms with E-state index < -0.39 is 0 Å². The number of benzene rings is 1. The van der Waals surface area contributed by atoms with Crippen molar-refractivity contribution in [2.75, 3.05) is 37.7 Å². The van der Waals surface area contributed by atoms with Gasteiger partial charge in [0.15, 0.2) is 5.78 Å². The molecule has 26 heavy (non-hydrogen) atoms. The molecule has 1 saturated heterocycles. The molecule has 1 fully saturated rings. The highest BCUT2D eigenvalue weighted by molar-refractivity contribution is 6.16. The SMILES string of the molecule is O=C1C=C(N2CCOCC2)N=C(CC(=O)N2CCc3c(O)cccc32)C1. The summed E-state index contributed by atoms with van der Waals surface area (Å²) in [6.45, 7) is 3.16. The third-order valence-electron chi connectivity index (χ3n) is 4.94. The van der Waals surface area contributed by atoms with Crippen LogP contribution < -0.4 is 4.90 Å². The molecule has 0 atom stereocenters. The Hall–Kier alpha value is -2.67. The first-order valence-electron chi connectivity index (χ1n) is 8.87. The molecule has 1 amide bonds. The Labute approximate surface area is 151 Å². The maximum atomic E-state index is 12.8. The van der Waals surface area contributed by atoms with Gasteiger partial charge in [-0.1, -0.05) is 6.07 Å². The Bertz CT molecular complexity index is 809. The van der Waals surface area contributed by atoms with Crippen LogP contribution in [0.15, 0.2) is 35.1 Å². The van der Waals surface area contributed by atoms with Crippen LogP contribution in [0, 0.1) is 0 Å². The summed E-state index contributed by atoms with van der Waals surface area (Å²) < 4.78 is 5.34. The van der Waals surface area contributed by atoms with Gasteiger partial charge in [0.1, 0.15) is 11.6 Å². The lowest BCUT2D eigenvalue weighted by molar-refractivity contribution is -0.117. The highest BCUT2D eigenvalue weighted by Gasteiger charge is 2.28. The van der Waals surface area contributed by atoms with E-state index in [0.717, 1.165) is 11.3 Å². The second-order valence-corrected chi connectivity index (χ2v) is 6.67. The van der Waals surface area contributed by atoms with Gasteiger partial charge >= 0.3 is 0 Å². The fourth-order valence-corrected chi connectivity index (χ4v) is 3.63. The van der Waals surface area contributed by atoms with Gasteiger partial charge in [0.05, 0.1) is 25.3 Å². The number of carbonyl (C=O) groups excluding carboxylic acids is 2. The van der Waals surface area contributed by atoms with E-state index in [4.69, 9.17) is 4.74 Å². The lowest BCUT2D eigenvalue weighted by Crippen LogP contribution is -2.37. The maximum Gasteiger partial charge on any atom is 0.232 e. The van der Waals surface area contributed by atoms with E-state index in [1.807, 2.05) is 11.0 Å². The molecular weight excluding hydrogens is 334 g/mol. The number of fused-ring (bicyclic) bond motifs is 1. The minimum Gasteiger partial charge on any atom is -0.508 e. The molecule has 3 aliphatic rings. The zero-order valence-corrected chi connectivity index (χ0v) is 14.5. The fraction of sp³-hybridized carbons (Fsp3) is 0.421. The van der Waals surface area contributed by atoms with Crippen LogP contribution in [0.4, 0.5) is 5.69 Å². The number of anilines is 1. The van der Waals surface area contributed by atoms with Gasteiger partial charge in [0.2, 0.25) is 5.91 Å². The molecule has 1 aromatic rings. The molecular formula is C19H21N3O4. The number of aromatic hydroxyl groups is 1. The first-order valence-corrected chi connectivity index (χ1v) is 8.87. The third kappa shape index (κ3) is 3.22. The summed E-state index contributed by atoms with van der Waals surface area (Å²) in [5.74, 6) is 0.736. The van der Waals surface area contributed by atoms with Crippen molar-refractivity contribution in [1.82, 2.24) is 4.90 Å².